The van der Waals surface area contributed by atoms with Gasteiger partial charge >= 0.3 is 11.7 Å². The molecule has 8 heteroatoms. The molecule has 0 aliphatic carbocycles. The summed E-state index contributed by atoms with van der Waals surface area (Å²) in [6, 6.07) is 3.78. The zero-order valence-corrected chi connectivity index (χ0v) is 11.2. The standard InChI is InChI=1S/C13H13N3O5/c1-2-15-7-9(6-14-15)8-21-12-10(13(17)18)4-3-5-11(12)16(19)20/h3-7H,2,8H2,1H3,(H,17,18). The average Bonchev–Trinajstić information content (AvgIpc) is 2.92. The lowest BCUT2D eigenvalue weighted by molar-refractivity contribution is -0.386. The van der Waals surface area contributed by atoms with Crippen LogP contribution in [0.25, 0.3) is 0 Å². The van der Waals surface area contributed by atoms with Gasteiger partial charge in [-0.2, -0.15) is 5.10 Å². The summed E-state index contributed by atoms with van der Waals surface area (Å²) in [5.41, 5.74) is 0.0798. The maximum atomic E-state index is 11.1. The van der Waals surface area contributed by atoms with Crippen LogP contribution in [0.15, 0.2) is 30.6 Å². The Hall–Kier alpha value is -2.90. The monoisotopic (exact) mass is 291 g/mol. The minimum atomic E-state index is -1.28. The number of benzene rings is 1. The van der Waals surface area contributed by atoms with E-state index in [1.54, 1.807) is 17.1 Å². The summed E-state index contributed by atoms with van der Waals surface area (Å²) in [6.45, 7) is 2.61. The molecule has 1 heterocycles. The molecule has 0 aliphatic heterocycles. The second kappa shape index (κ2) is 6.04. The van der Waals surface area contributed by atoms with Crippen molar-refractivity contribution in [1.82, 2.24) is 9.78 Å². The highest BCUT2D eigenvalue weighted by Gasteiger charge is 2.23. The Morgan fingerprint density at radius 3 is 2.86 bits per heavy atom. The van der Waals surface area contributed by atoms with Crippen LogP contribution in [-0.2, 0) is 13.2 Å². The quantitative estimate of drug-likeness (QED) is 0.645. The van der Waals surface area contributed by atoms with Crippen LogP contribution in [-0.4, -0.2) is 25.8 Å². The SMILES string of the molecule is CCn1cc(COc2c(C(=O)O)cccc2[N+](=O)[O-])cn1. The number of ether oxygens (including phenoxy) is 1. The van der Waals surface area contributed by atoms with Crippen molar-refractivity contribution in [3.05, 3.63) is 51.8 Å². The largest absolute Gasteiger partial charge is 0.481 e. The van der Waals surface area contributed by atoms with E-state index >= 15 is 0 Å². The number of nitro benzene ring substituents is 1. The highest BCUT2D eigenvalue weighted by atomic mass is 16.6. The fourth-order valence-corrected chi connectivity index (χ4v) is 1.80. The Labute approximate surface area is 119 Å². The topological polar surface area (TPSA) is 107 Å². The van der Waals surface area contributed by atoms with Crippen molar-refractivity contribution in [2.24, 2.45) is 0 Å². The number of aryl methyl sites for hydroxylation is 1. The number of hydrogen-bond donors (Lipinski definition) is 1. The molecule has 8 nitrogen and oxygen atoms in total. The molecule has 110 valence electrons. The van der Waals surface area contributed by atoms with E-state index in [-0.39, 0.29) is 23.6 Å². The number of nitro groups is 1. The van der Waals surface area contributed by atoms with E-state index < -0.39 is 10.9 Å². The van der Waals surface area contributed by atoms with Gasteiger partial charge in [-0.05, 0) is 13.0 Å². The Kier molecular flexibility index (Phi) is 4.17. The highest BCUT2D eigenvalue weighted by molar-refractivity contribution is 5.92. The first-order valence-electron chi connectivity index (χ1n) is 6.17. The van der Waals surface area contributed by atoms with Gasteiger partial charge in [-0.1, -0.05) is 6.07 Å². The molecule has 0 amide bonds. The molecule has 1 N–H and O–H groups in total. The van der Waals surface area contributed by atoms with Gasteiger partial charge in [0.25, 0.3) is 0 Å². The molecule has 0 aliphatic rings. The van der Waals surface area contributed by atoms with Crippen molar-refractivity contribution in [2.45, 2.75) is 20.1 Å². The molecule has 21 heavy (non-hydrogen) atoms. The third kappa shape index (κ3) is 3.16. The second-order valence-corrected chi connectivity index (χ2v) is 4.21. The number of hydrogen-bond acceptors (Lipinski definition) is 5. The van der Waals surface area contributed by atoms with Crippen LogP contribution in [0.1, 0.15) is 22.8 Å². The Morgan fingerprint density at radius 1 is 1.52 bits per heavy atom. The normalized spacial score (nSPS) is 10.3. The molecule has 2 aromatic rings. The Balaban J connectivity index is 2.28. The van der Waals surface area contributed by atoms with Gasteiger partial charge in [-0.15, -0.1) is 0 Å². The molecule has 1 aromatic carbocycles. The van der Waals surface area contributed by atoms with Crippen LogP contribution in [0.2, 0.25) is 0 Å². The van der Waals surface area contributed by atoms with E-state index in [1.807, 2.05) is 6.92 Å². The van der Waals surface area contributed by atoms with E-state index in [0.29, 0.717) is 12.1 Å². The number of rotatable bonds is 6. The van der Waals surface area contributed by atoms with Crippen LogP contribution in [0, 0.1) is 10.1 Å². The first-order chi connectivity index (χ1) is 10.0. The predicted molar refractivity (Wildman–Crippen MR) is 72.3 cm³/mol. The third-order valence-corrected chi connectivity index (χ3v) is 2.82. The van der Waals surface area contributed by atoms with Gasteiger partial charge in [-0.25, -0.2) is 4.79 Å². The fraction of sp³-hybridized carbons (Fsp3) is 0.231. The van der Waals surface area contributed by atoms with Gasteiger partial charge in [0.1, 0.15) is 12.2 Å². The number of aromatic carboxylic acids is 1. The molecule has 1 aromatic heterocycles. The molecule has 0 atom stereocenters. The predicted octanol–water partition coefficient (Wildman–Crippen LogP) is 2.09. The number of carboxylic acids is 1. The van der Waals surface area contributed by atoms with Gasteiger partial charge in [0.15, 0.2) is 0 Å². The maximum absolute atomic E-state index is 11.1. The summed E-state index contributed by atoms with van der Waals surface area (Å²) < 4.78 is 7.04. The molecule has 0 fully saturated rings. The van der Waals surface area contributed by atoms with Gasteiger partial charge in [0, 0.05) is 24.4 Å². The summed E-state index contributed by atoms with van der Waals surface area (Å²) in [7, 11) is 0. The Bertz CT molecular complexity index is 648. The molecule has 2 rings (SSSR count). The van der Waals surface area contributed by atoms with Crippen molar-refractivity contribution in [3.63, 3.8) is 0 Å². The zero-order chi connectivity index (χ0) is 15.4. The van der Waals surface area contributed by atoms with Crippen molar-refractivity contribution < 1.29 is 19.6 Å². The van der Waals surface area contributed by atoms with Crippen LogP contribution >= 0.6 is 0 Å². The highest BCUT2D eigenvalue weighted by Crippen LogP contribution is 2.31. The lowest BCUT2D eigenvalue weighted by atomic mass is 10.1. The minimum Gasteiger partial charge on any atom is -0.481 e. The van der Waals surface area contributed by atoms with Gasteiger partial charge in [0.2, 0.25) is 5.75 Å². The Morgan fingerprint density at radius 2 is 2.29 bits per heavy atom. The molecule has 0 spiro atoms. The first kappa shape index (κ1) is 14.5. The summed E-state index contributed by atoms with van der Waals surface area (Å²) in [5, 5.41) is 24.1. The average molecular weight is 291 g/mol. The molecule has 0 saturated carbocycles. The van der Waals surface area contributed by atoms with E-state index in [0.717, 1.165) is 0 Å². The lowest BCUT2D eigenvalue weighted by Crippen LogP contribution is -2.06. The van der Waals surface area contributed by atoms with E-state index in [4.69, 9.17) is 9.84 Å². The second-order valence-electron chi connectivity index (χ2n) is 4.21. The van der Waals surface area contributed by atoms with Crippen molar-refractivity contribution in [2.75, 3.05) is 0 Å². The van der Waals surface area contributed by atoms with E-state index in [2.05, 4.69) is 5.10 Å². The van der Waals surface area contributed by atoms with Crippen molar-refractivity contribution in [1.29, 1.82) is 0 Å². The number of carboxylic acid groups (broad SMARTS) is 1. The molecular weight excluding hydrogens is 278 g/mol. The molecule has 0 unspecified atom stereocenters. The summed E-state index contributed by atoms with van der Waals surface area (Å²) in [4.78, 5) is 21.4. The van der Waals surface area contributed by atoms with Gasteiger partial charge < -0.3 is 9.84 Å². The number of nitrogens with zero attached hydrogens (tertiary/aromatic N) is 3. The number of aromatic nitrogens is 2. The lowest BCUT2D eigenvalue weighted by Gasteiger charge is -2.08. The summed E-state index contributed by atoms with van der Waals surface area (Å²) >= 11 is 0. The van der Waals surface area contributed by atoms with Crippen molar-refractivity contribution in [3.8, 4) is 5.75 Å². The van der Waals surface area contributed by atoms with E-state index in [9.17, 15) is 14.9 Å². The number of para-hydroxylation sites is 1. The van der Waals surface area contributed by atoms with Crippen LogP contribution < -0.4 is 4.74 Å². The maximum Gasteiger partial charge on any atom is 0.339 e. The molecule has 0 bridgehead atoms. The van der Waals surface area contributed by atoms with Crippen LogP contribution in [0.3, 0.4) is 0 Å². The molecule has 0 saturated heterocycles. The number of carbonyl (C=O) groups is 1. The van der Waals surface area contributed by atoms with E-state index in [1.165, 1.54) is 18.2 Å². The third-order valence-electron chi connectivity index (χ3n) is 2.82. The van der Waals surface area contributed by atoms with Crippen LogP contribution in [0.4, 0.5) is 5.69 Å². The summed E-state index contributed by atoms with van der Waals surface area (Å²) in [5.74, 6) is -1.53. The van der Waals surface area contributed by atoms with Gasteiger partial charge in [-0.3, -0.25) is 14.8 Å². The first-order valence-corrected chi connectivity index (χ1v) is 6.17. The fourth-order valence-electron chi connectivity index (χ4n) is 1.80. The summed E-state index contributed by atoms with van der Waals surface area (Å²) in [6.07, 6.45) is 3.30. The molecular formula is C13H13N3O5. The molecule has 0 radical (unpaired) electrons. The van der Waals surface area contributed by atoms with Crippen molar-refractivity contribution >= 4 is 11.7 Å². The zero-order valence-electron chi connectivity index (χ0n) is 11.2. The smallest absolute Gasteiger partial charge is 0.339 e. The van der Waals surface area contributed by atoms with Gasteiger partial charge in [0.05, 0.1) is 11.1 Å². The van der Waals surface area contributed by atoms with Crippen LogP contribution in [0.5, 0.6) is 5.75 Å². The minimum absolute atomic E-state index is 0.00509.